The van der Waals surface area contributed by atoms with Crippen LogP contribution >= 0.6 is 0 Å². The van der Waals surface area contributed by atoms with Crippen molar-refractivity contribution in [3.63, 3.8) is 0 Å². The Morgan fingerprint density at radius 3 is 2.19 bits per heavy atom. The van der Waals surface area contributed by atoms with Crippen LogP contribution in [0, 0.1) is 0 Å². The summed E-state index contributed by atoms with van der Waals surface area (Å²) in [5, 5.41) is 3.47. The molecule has 0 unspecified atom stereocenters. The summed E-state index contributed by atoms with van der Waals surface area (Å²) >= 11 is 0. The Morgan fingerprint density at radius 1 is 0.875 bits per heavy atom. The van der Waals surface area contributed by atoms with Gasteiger partial charge in [-0.1, -0.05) is 51.7 Å². The van der Waals surface area contributed by atoms with Gasteiger partial charge in [-0.2, -0.15) is 0 Å². The topological polar surface area (TPSA) is 12.0 Å². The predicted octanol–water partition coefficient (Wildman–Crippen LogP) is 4.63. The van der Waals surface area contributed by atoms with E-state index in [-0.39, 0.29) is 0 Å². The summed E-state index contributed by atoms with van der Waals surface area (Å²) in [7, 11) is 0. The van der Waals surface area contributed by atoms with Gasteiger partial charge in [-0.15, -0.1) is 0 Å². The van der Waals surface area contributed by atoms with Crippen LogP contribution in [0.15, 0.2) is 24.3 Å². The van der Waals surface area contributed by atoms with Crippen molar-refractivity contribution in [1.82, 2.24) is 0 Å². The van der Waals surface area contributed by atoms with Gasteiger partial charge in [0.15, 0.2) is 0 Å². The van der Waals surface area contributed by atoms with Gasteiger partial charge in [0.05, 0.1) is 0 Å². The lowest BCUT2D eigenvalue weighted by atomic mass is 10.1. The summed E-state index contributed by atoms with van der Waals surface area (Å²) in [6.07, 6.45) is 7.85. The van der Waals surface area contributed by atoms with E-state index in [0.29, 0.717) is 0 Å². The van der Waals surface area contributed by atoms with Gasteiger partial charge in [0, 0.05) is 12.2 Å². The zero-order valence-electron chi connectivity index (χ0n) is 10.8. The first-order valence-corrected chi connectivity index (χ1v) is 6.69. The molecule has 0 heterocycles. The van der Waals surface area contributed by atoms with Crippen LogP contribution < -0.4 is 5.32 Å². The van der Waals surface area contributed by atoms with Crippen molar-refractivity contribution in [2.24, 2.45) is 0 Å². The lowest BCUT2D eigenvalue weighted by molar-refractivity contribution is 0.645. The molecule has 1 nitrogen and oxygen atoms in total. The van der Waals surface area contributed by atoms with Gasteiger partial charge in [0.2, 0.25) is 0 Å². The van der Waals surface area contributed by atoms with Gasteiger partial charge in [-0.25, -0.2) is 0 Å². The highest BCUT2D eigenvalue weighted by atomic mass is 14.9. The van der Waals surface area contributed by atoms with E-state index in [0.717, 1.165) is 13.0 Å². The molecule has 0 saturated heterocycles. The summed E-state index contributed by atoms with van der Waals surface area (Å²) in [4.78, 5) is 0. The molecule has 0 radical (unpaired) electrons. The van der Waals surface area contributed by atoms with E-state index < -0.39 is 0 Å². The van der Waals surface area contributed by atoms with Crippen LogP contribution in [0.3, 0.4) is 0 Å². The van der Waals surface area contributed by atoms with Gasteiger partial charge in [-0.3, -0.25) is 0 Å². The number of benzene rings is 1. The van der Waals surface area contributed by atoms with Crippen molar-refractivity contribution < 1.29 is 0 Å². The van der Waals surface area contributed by atoms with Crippen molar-refractivity contribution in [3.8, 4) is 0 Å². The van der Waals surface area contributed by atoms with Gasteiger partial charge in [-0.05, 0) is 30.5 Å². The second kappa shape index (κ2) is 8.20. The second-order valence-corrected chi connectivity index (χ2v) is 4.39. The Kier molecular flexibility index (Phi) is 6.71. The van der Waals surface area contributed by atoms with Crippen LogP contribution in [0.2, 0.25) is 0 Å². The van der Waals surface area contributed by atoms with Crippen LogP contribution in [-0.4, -0.2) is 6.54 Å². The summed E-state index contributed by atoms with van der Waals surface area (Å²) in [5.74, 6) is 0. The Balaban J connectivity index is 2.12. The second-order valence-electron chi connectivity index (χ2n) is 4.39. The fourth-order valence-corrected chi connectivity index (χ4v) is 1.82. The quantitative estimate of drug-likeness (QED) is 0.628. The van der Waals surface area contributed by atoms with Crippen LogP contribution in [0.1, 0.15) is 51.5 Å². The molecule has 0 fully saturated rings. The van der Waals surface area contributed by atoms with E-state index in [1.807, 2.05) is 0 Å². The highest BCUT2D eigenvalue weighted by Gasteiger charge is 1.93. The molecule has 0 aliphatic rings. The molecule has 1 aromatic rings. The minimum Gasteiger partial charge on any atom is -0.385 e. The molecule has 1 aromatic carbocycles. The molecule has 16 heavy (non-hydrogen) atoms. The molecule has 0 saturated carbocycles. The minimum atomic E-state index is 1.11. The number of hydrogen-bond donors (Lipinski definition) is 1. The first-order chi connectivity index (χ1) is 7.86. The first kappa shape index (κ1) is 13.1. The Morgan fingerprint density at radius 2 is 1.56 bits per heavy atom. The summed E-state index contributed by atoms with van der Waals surface area (Å²) in [5.41, 5.74) is 2.67. The first-order valence-electron chi connectivity index (χ1n) is 6.69. The minimum absolute atomic E-state index is 1.11. The van der Waals surface area contributed by atoms with Crippen molar-refractivity contribution in [2.45, 2.75) is 52.4 Å². The smallest absolute Gasteiger partial charge is 0.0340 e. The van der Waals surface area contributed by atoms with E-state index in [9.17, 15) is 0 Å². The summed E-state index contributed by atoms with van der Waals surface area (Å²) < 4.78 is 0. The molecule has 0 atom stereocenters. The fourth-order valence-electron chi connectivity index (χ4n) is 1.82. The Labute approximate surface area is 100 Å². The Bertz CT molecular complexity index is 263. The van der Waals surface area contributed by atoms with E-state index >= 15 is 0 Å². The molecule has 0 aromatic heterocycles. The number of aryl methyl sites for hydroxylation is 1. The van der Waals surface area contributed by atoms with Gasteiger partial charge in [0.25, 0.3) is 0 Å². The number of unbranched alkanes of at least 4 members (excludes halogenated alkanes) is 4. The standard InChI is InChI=1S/C15H25N/c1-3-5-6-7-8-13-16-15-11-9-14(4-2)10-12-15/h9-12,16H,3-8,13H2,1-2H3. The number of hydrogen-bond acceptors (Lipinski definition) is 1. The van der Waals surface area contributed by atoms with Crippen LogP contribution in [-0.2, 0) is 6.42 Å². The number of rotatable bonds is 8. The Hall–Kier alpha value is -0.980. The summed E-state index contributed by atoms with van der Waals surface area (Å²) in [6.45, 7) is 5.55. The molecule has 0 spiro atoms. The van der Waals surface area contributed by atoms with Gasteiger partial charge >= 0.3 is 0 Å². The summed E-state index contributed by atoms with van der Waals surface area (Å²) in [6, 6.07) is 8.79. The van der Waals surface area contributed by atoms with Crippen molar-refractivity contribution in [2.75, 3.05) is 11.9 Å². The molecule has 1 N–H and O–H groups in total. The van der Waals surface area contributed by atoms with Gasteiger partial charge < -0.3 is 5.32 Å². The third-order valence-corrected chi connectivity index (χ3v) is 2.97. The predicted molar refractivity (Wildman–Crippen MR) is 73.1 cm³/mol. The molecule has 1 heteroatoms. The highest BCUT2D eigenvalue weighted by molar-refractivity contribution is 5.44. The maximum absolute atomic E-state index is 3.47. The molecule has 0 aliphatic carbocycles. The SMILES string of the molecule is CCCCCCCNc1ccc(CC)cc1. The highest BCUT2D eigenvalue weighted by Crippen LogP contribution is 2.10. The third-order valence-electron chi connectivity index (χ3n) is 2.97. The van der Waals surface area contributed by atoms with Crippen molar-refractivity contribution in [1.29, 1.82) is 0 Å². The van der Waals surface area contributed by atoms with E-state index in [4.69, 9.17) is 0 Å². The molecule has 0 bridgehead atoms. The lowest BCUT2D eigenvalue weighted by Crippen LogP contribution is -2.01. The third kappa shape index (κ3) is 5.20. The molecular formula is C15H25N. The van der Waals surface area contributed by atoms with Crippen molar-refractivity contribution in [3.05, 3.63) is 29.8 Å². The average molecular weight is 219 g/mol. The zero-order chi connectivity index (χ0) is 11.6. The van der Waals surface area contributed by atoms with E-state index in [2.05, 4.69) is 43.4 Å². The number of nitrogens with one attached hydrogen (secondary N) is 1. The zero-order valence-corrected chi connectivity index (χ0v) is 10.8. The van der Waals surface area contributed by atoms with Crippen LogP contribution in [0.25, 0.3) is 0 Å². The van der Waals surface area contributed by atoms with Crippen LogP contribution in [0.5, 0.6) is 0 Å². The average Bonchev–Trinajstić information content (AvgIpc) is 2.34. The van der Waals surface area contributed by atoms with Crippen LogP contribution in [0.4, 0.5) is 5.69 Å². The lowest BCUT2D eigenvalue weighted by Gasteiger charge is -2.06. The largest absolute Gasteiger partial charge is 0.385 e. The molecule has 1 rings (SSSR count). The normalized spacial score (nSPS) is 10.4. The fraction of sp³-hybridized carbons (Fsp3) is 0.600. The monoisotopic (exact) mass is 219 g/mol. The molecule has 90 valence electrons. The van der Waals surface area contributed by atoms with Gasteiger partial charge in [0.1, 0.15) is 0 Å². The maximum Gasteiger partial charge on any atom is 0.0340 e. The number of anilines is 1. The van der Waals surface area contributed by atoms with E-state index in [1.54, 1.807) is 0 Å². The molecule has 0 aliphatic heterocycles. The van der Waals surface area contributed by atoms with Crippen molar-refractivity contribution >= 4 is 5.69 Å². The maximum atomic E-state index is 3.47. The van der Waals surface area contributed by atoms with E-state index in [1.165, 1.54) is 43.4 Å². The molecular weight excluding hydrogens is 194 g/mol. The molecule has 0 amide bonds.